The Morgan fingerprint density at radius 3 is 2.45 bits per heavy atom. The Kier molecular flexibility index (Phi) is 7.68. The van der Waals surface area contributed by atoms with Crippen LogP contribution >= 0.6 is 20.1 Å². The fourth-order valence-corrected chi connectivity index (χ4v) is 8.20. The van der Waals surface area contributed by atoms with E-state index in [-0.39, 0.29) is 17.8 Å². The number of urea groups is 1. The predicted octanol–water partition coefficient (Wildman–Crippen LogP) is 6.29. The molecule has 5 rings (SSSR count). The van der Waals surface area contributed by atoms with Gasteiger partial charge in [-0.25, -0.2) is 0 Å². The minimum atomic E-state index is -4.54. The summed E-state index contributed by atoms with van der Waals surface area (Å²) in [7, 11) is 0. The van der Waals surface area contributed by atoms with Crippen molar-refractivity contribution in [3.63, 3.8) is 0 Å². The Bertz CT molecular complexity index is 1370. The van der Waals surface area contributed by atoms with Crippen molar-refractivity contribution in [2.75, 3.05) is 41.9 Å². The standard InChI is InChI=1S/C27H27F3IN5O2/c1-17-25-22(14-32-15-24(25)31(2)35-17)18-3-6-20(7-4-18)33-26(37)34-21-8-5-19(23(13-21)27(28,29)30)16-36-9-11-38-12-10-36/h3-8,13-15H,9-12,16H2,1-2H3,(H2,33,34,37). The van der Waals surface area contributed by atoms with Crippen molar-refractivity contribution in [1.82, 2.24) is 9.88 Å². The summed E-state index contributed by atoms with van der Waals surface area (Å²) in [5.74, 6) is 0. The molecular weight excluding hydrogens is 610 g/mol. The number of alkyl halides is 4. The van der Waals surface area contributed by atoms with Gasteiger partial charge in [0.05, 0.1) is 18.8 Å². The number of amides is 2. The maximum atomic E-state index is 13.8. The number of hydrogen-bond acceptors (Lipinski definition) is 5. The van der Waals surface area contributed by atoms with E-state index < -0.39 is 37.9 Å². The van der Waals surface area contributed by atoms with Gasteiger partial charge in [-0.15, -0.1) is 0 Å². The van der Waals surface area contributed by atoms with Crippen LogP contribution in [0.4, 0.5) is 29.3 Å². The molecule has 1 saturated heterocycles. The number of rotatable bonds is 5. The first kappa shape index (κ1) is 26.6. The zero-order chi connectivity index (χ0) is 26.9. The number of carbonyl (C=O) groups is 1. The number of hydrogen-bond donors (Lipinski definition) is 2. The normalized spacial score (nSPS) is 16.7. The Morgan fingerprint density at radius 2 is 1.74 bits per heavy atom. The second kappa shape index (κ2) is 11.0. The molecular formula is C27H27F3IN5O2. The maximum absolute atomic E-state index is 13.8. The van der Waals surface area contributed by atoms with E-state index >= 15 is 0 Å². The number of morpholine rings is 1. The molecule has 2 N–H and O–H groups in total. The van der Waals surface area contributed by atoms with Crippen LogP contribution in [0.25, 0.3) is 11.1 Å². The van der Waals surface area contributed by atoms with E-state index in [4.69, 9.17) is 7.94 Å². The second-order valence-corrected chi connectivity index (χ2v) is 13.2. The van der Waals surface area contributed by atoms with Crippen LogP contribution in [0.5, 0.6) is 0 Å². The molecule has 0 aliphatic carbocycles. The van der Waals surface area contributed by atoms with Gasteiger partial charge in [0.2, 0.25) is 0 Å². The van der Waals surface area contributed by atoms with E-state index in [0.717, 1.165) is 28.5 Å². The van der Waals surface area contributed by atoms with Crippen molar-refractivity contribution in [3.8, 4) is 11.1 Å². The number of ether oxygens (including phenoxy) is 1. The Morgan fingerprint density at radius 1 is 1.05 bits per heavy atom. The molecule has 3 heterocycles. The van der Waals surface area contributed by atoms with Gasteiger partial charge < -0.3 is 4.74 Å². The van der Waals surface area contributed by atoms with Crippen LogP contribution in [0, 0.1) is 3.57 Å². The van der Waals surface area contributed by atoms with Crippen LogP contribution < -0.4 is 10.6 Å². The average Bonchev–Trinajstić information content (AvgIpc) is 3.19. The van der Waals surface area contributed by atoms with Gasteiger partial charge in [-0.05, 0) is 5.56 Å². The number of pyridine rings is 1. The van der Waals surface area contributed by atoms with Gasteiger partial charge in [-0.2, -0.15) is 13.2 Å². The van der Waals surface area contributed by atoms with Gasteiger partial charge in [0, 0.05) is 19.6 Å². The van der Waals surface area contributed by atoms with E-state index in [2.05, 4.69) is 20.5 Å². The van der Waals surface area contributed by atoms with Crippen LogP contribution in [0.2, 0.25) is 0 Å². The fraction of sp³-hybridized carbons (Fsp3) is 0.296. The zero-order valence-electron chi connectivity index (χ0n) is 20.9. The summed E-state index contributed by atoms with van der Waals surface area (Å²) in [5, 5.41) is 5.21. The van der Waals surface area contributed by atoms with Crippen LogP contribution in [-0.2, 0) is 17.5 Å². The molecule has 2 amide bonds. The van der Waals surface area contributed by atoms with Crippen molar-refractivity contribution in [3.05, 3.63) is 75.1 Å². The molecule has 2 aliphatic heterocycles. The Balaban J connectivity index is 1.27. The van der Waals surface area contributed by atoms with E-state index in [1.165, 1.54) is 15.7 Å². The van der Waals surface area contributed by atoms with E-state index in [0.29, 0.717) is 32.0 Å². The topological polar surface area (TPSA) is 78.8 Å². The first-order chi connectivity index (χ1) is 18.2. The summed E-state index contributed by atoms with van der Waals surface area (Å²) in [4.78, 5) is 21.1. The molecule has 1 aromatic heterocycles. The molecule has 0 radical (unpaired) electrons. The SMILES string of the molecule is CC1=NI(C)c2cncc(-c3ccc(NC(=O)Nc4ccc(CN5CCOCC5)c(C(F)(F)F)c4)cc3)c21. The van der Waals surface area contributed by atoms with Crippen molar-refractivity contribution in [2.24, 2.45) is 3.21 Å². The van der Waals surface area contributed by atoms with Crippen LogP contribution in [0.15, 0.2) is 58.1 Å². The molecule has 2 aliphatic rings. The number of halogens is 4. The van der Waals surface area contributed by atoms with E-state index in [9.17, 15) is 18.0 Å². The molecule has 0 spiro atoms. The number of nitrogens with one attached hydrogen (secondary N) is 2. The third-order valence-corrected chi connectivity index (χ3v) is 10.4. The third-order valence-electron chi connectivity index (χ3n) is 6.43. The van der Waals surface area contributed by atoms with Crippen molar-refractivity contribution < 1.29 is 22.7 Å². The third kappa shape index (κ3) is 5.84. The number of benzene rings is 2. The van der Waals surface area contributed by atoms with Crippen molar-refractivity contribution >= 4 is 43.2 Å². The molecule has 0 atom stereocenters. The van der Waals surface area contributed by atoms with Gasteiger partial charge in [0.25, 0.3) is 0 Å². The molecule has 0 bridgehead atoms. The average molecular weight is 637 g/mol. The van der Waals surface area contributed by atoms with Crippen LogP contribution in [-0.4, -0.2) is 52.9 Å². The Labute approximate surface area is 226 Å². The van der Waals surface area contributed by atoms with Crippen molar-refractivity contribution in [1.29, 1.82) is 0 Å². The molecule has 3 aromatic rings. The minimum absolute atomic E-state index is 0.0664. The molecule has 200 valence electrons. The van der Waals surface area contributed by atoms with Gasteiger partial charge in [-0.3, -0.25) is 4.90 Å². The fourth-order valence-electron chi connectivity index (χ4n) is 4.59. The molecule has 7 nitrogen and oxygen atoms in total. The molecule has 0 unspecified atom stereocenters. The van der Waals surface area contributed by atoms with Gasteiger partial charge in [0.1, 0.15) is 0 Å². The monoisotopic (exact) mass is 637 g/mol. The molecule has 38 heavy (non-hydrogen) atoms. The molecule has 11 heteroatoms. The summed E-state index contributed by atoms with van der Waals surface area (Å²) in [6.07, 6.45) is -0.811. The van der Waals surface area contributed by atoms with Gasteiger partial charge in [-0.1, -0.05) is 6.07 Å². The predicted molar refractivity (Wildman–Crippen MR) is 151 cm³/mol. The molecule has 2 aromatic carbocycles. The quantitative estimate of drug-likeness (QED) is 0.255. The van der Waals surface area contributed by atoms with Crippen LogP contribution in [0.3, 0.4) is 0 Å². The summed E-state index contributed by atoms with van der Waals surface area (Å²) in [6, 6.07) is 10.5. The number of anilines is 2. The van der Waals surface area contributed by atoms with Gasteiger partial charge >= 0.3 is 154 Å². The number of carbonyl (C=O) groups excluding carboxylic acids is 1. The summed E-state index contributed by atoms with van der Waals surface area (Å²) in [6.45, 7) is 4.35. The number of nitrogens with zero attached hydrogens (tertiary/aromatic N) is 3. The molecule has 0 saturated carbocycles. The second-order valence-electron chi connectivity index (χ2n) is 9.07. The van der Waals surface area contributed by atoms with E-state index in [1.807, 2.05) is 36.4 Å². The van der Waals surface area contributed by atoms with Gasteiger partial charge in [0.15, 0.2) is 0 Å². The molecule has 1 fully saturated rings. The number of aromatic nitrogens is 1. The number of fused-ring (bicyclic) bond motifs is 1. The summed E-state index contributed by atoms with van der Waals surface area (Å²) >= 11 is -1.55. The first-order valence-electron chi connectivity index (χ1n) is 12.0. The Hall–Kier alpha value is -3.03. The van der Waals surface area contributed by atoms with Crippen LogP contribution in [0.1, 0.15) is 23.6 Å². The zero-order valence-corrected chi connectivity index (χ0v) is 23.1. The summed E-state index contributed by atoms with van der Waals surface area (Å²) < 4.78 is 52.7. The first-order valence-corrected chi connectivity index (χ1v) is 16.2. The van der Waals surface area contributed by atoms with E-state index in [1.54, 1.807) is 12.1 Å². The summed E-state index contributed by atoms with van der Waals surface area (Å²) in [5.41, 5.74) is 4.11. The van der Waals surface area contributed by atoms with Crippen molar-refractivity contribution in [2.45, 2.75) is 19.6 Å².